The van der Waals surface area contributed by atoms with Gasteiger partial charge in [0.1, 0.15) is 6.54 Å². The minimum absolute atomic E-state index is 0.119. The maximum Gasteiger partial charge on any atom is 0.418 e. The van der Waals surface area contributed by atoms with E-state index in [9.17, 15) is 22.8 Å². The van der Waals surface area contributed by atoms with Crippen molar-refractivity contribution in [1.29, 1.82) is 0 Å². The lowest BCUT2D eigenvalue weighted by atomic mass is 10.1. The fourth-order valence-corrected chi connectivity index (χ4v) is 4.95. The topological polar surface area (TPSA) is 80.3 Å². The van der Waals surface area contributed by atoms with Crippen LogP contribution < -0.4 is 14.8 Å². The summed E-state index contributed by atoms with van der Waals surface area (Å²) in [6.45, 7) is 3.13. The Kier molecular flexibility index (Phi) is 12.5. The van der Waals surface area contributed by atoms with Crippen molar-refractivity contribution in [3.8, 4) is 11.5 Å². The fraction of sp³-hybridized carbons (Fsp3) is 0.400. The molecule has 0 saturated carbocycles. The molecule has 3 rings (SSSR count). The highest BCUT2D eigenvalue weighted by molar-refractivity contribution is 7.09. The number of halogens is 3. The number of carbonyl (C=O) groups excluding carboxylic acids is 2. The summed E-state index contributed by atoms with van der Waals surface area (Å²) in [6.07, 6.45) is -3.74. The van der Waals surface area contributed by atoms with E-state index >= 15 is 0 Å². The van der Waals surface area contributed by atoms with Crippen LogP contribution in [0, 0.1) is 0 Å². The number of thiophene rings is 1. The summed E-state index contributed by atoms with van der Waals surface area (Å²) in [5, 5.41) is 4.28. The van der Waals surface area contributed by atoms with Crippen molar-refractivity contribution >= 4 is 29.0 Å². The van der Waals surface area contributed by atoms with Crippen LogP contribution in [-0.4, -0.2) is 68.8 Å². The van der Waals surface area contributed by atoms with E-state index in [1.54, 1.807) is 25.2 Å². The van der Waals surface area contributed by atoms with Crippen LogP contribution in [0.5, 0.6) is 11.5 Å². The van der Waals surface area contributed by atoms with Gasteiger partial charge in [-0.05, 0) is 61.0 Å². The van der Waals surface area contributed by atoms with Crippen LogP contribution in [0.4, 0.5) is 23.7 Å². The molecule has 0 radical (unpaired) electrons. The number of ether oxygens (including phenoxy) is 3. The Morgan fingerprint density at radius 2 is 1.71 bits per heavy atom. The Hall–Kier alpha value is -3.77. The predicted molar refractivity (Wildman–Crippen MR) is 156 cm³/mol. The number of urea groups is 1. The first-order chi connectivity index (χ1) is 20.2. The minimum atomic E-state index is -4.65. The summed E-state index contributed by atoms with van der Waals surface area (Å²) < 4.78 is 56.7. The summed E-state index contributed by atoms with van der Waals surface area (Å²) in [4.78, 5) is 30.7. The third kappa shape index (κ3) is 9.66. The molecule has 0 spiro atoms. The molecule has 0 atom stereocenters. The maximum absolute atomic E-state index is 13.6. The zero-order chi connectivity index (χ0) is 30.5. The largest absolute Gasteiger partial charge is 0.493 e. The summed E-state index contributed by atoms with van der Waals surface area (Å²) in [5.74, 6) is 0.829. The first-order valence-electron chi connectivity index (χ1n) is 13.5. The van der Waals surface area contributed by atoms with Gasteiger partial charge in [0.2, 0.25) is 5.91 Å². The molecule has 3 aromatic rings. The second-order valence-corrected chi connectivity index (χ2v) is 10.3. The van der Waals surface area contributed by atoms with Gasteiger partial charge in [-0.1, -0.05) is 24.3 Å². The van der Waals surface area contributed by atoms with E-state index < -0.39 is 17.8 Å². The van der Waals surface area contributed by atoms with Crippen molar-refractivity contribution in [2.24, 2.45) is 0 Å². The second-order valence-electron chi connectivity index (χ2n) is 9.28. The molecule has 0 fully saturated rings. The monoisotopic (exact) mass is 607 g/mol. The molecular formula is C30H36F3N3O5S. The molecule has 1 heterocycles. The van der Waals surface area contributed by atoms with E-state index in [2.05, 4.69) is 5.32 Å². The number of amides is 3. The minimum Gasteiger partial charge on any atom is -0.493 e. The molecular weight excluding hydrogens is 571 g/mol. The Balaban J connectivity index is 1.79. The smallest absolute Gasteiger partial charge is 0.418 e. The van der Waals surface area contributed by atoms with Gasteiger partial charge < -0.3 is 29.3 Å². The number of nitrogens with zero attached hydrogens (tertiary/aromatic N) is 2. The zero-order valence-electron chi connectivity index (χ0n) is 23.9. The van der Waals surface area contributed by atoms with Gasteiger partial charge in [0.25, 0.3) is 0 Å². The van der Waals surface area contributed by atoms with E-state index in [1.807, 2.05) is 36.6 Å². The molecule has 42 heavy (non-hydrogen) atoms. The predicted octanol–water partition coefficient (Wildman–Crippen LogP) is 6.32. The van der Waals surface area contributed by atoms with Crippen molar-refractivity contribution in [3.05, 3.63) is 76.0 Å². The van der Waals surface area contributed by atoms with Crippen LogP contribution in [-0.2, 0) is 28.7 Å². The summed E-state index contributed by atoms with van der Waals surface area (Å²) in [5.41, 5.74) is -0.416. The molecule has 12 heteroatoms. The Morgan fingerprint density at radius 3 is 2.38 bits per heavy atom. The standard InChI is InChI=1S/C30H36F3N3O5S/c1-4-41-17-8-15-36(29(38)34-25-11-6-5-10-24(25)30(31,32)33)21-28(37)35(20-23-9-7-18-42-23)16-14-22-12-13-26(39-2)27(19-22)40-3/h5-7,9-13,18-19H,4,8,14-17,20-21H2,1-3H3,(H,34,38). The molecule has 0 aliphatic rings. The molecule has 0 aliphatic carbocycles. The van der Waals surface area contributed by atoms with Crippen molar-refractivity contribution in [1.82, 2.24) is 9.80 Å². The SMILES string of the molecule is CCOCCCN(CC(=O)N(CCc1ccc(OC)c(OC)c1)Cc1cccs1)C(=O)Nc1ccccc1C(F)(F)F. The van der Waals surface area contributed by atoms with Gasteiger partial charge in [0.15, 0.2) is 11.5 Å². The van der Waals surface area contributed by atoms with Crippen molar-refractivity contribution in [2.45, 2.75) is 32.5 Å². The third-order valence-electron chi connectivity index (χ3n) is 6.41. The normalized spacial score (nSPS) is 11.2. The number of carbonyl (C=O) groups is 2. The molecule has 1 N–H and O–H groups in total. The molecule has 0 saturated heterocycles. The van der Waals surface area contributed by atoms with E-state index in [-0.39, 0.29) is 24.7 Å². The van der Waals surface area contributed by atoms with E-state index in [0.29, 0.717) is 50.6 Å². The number of rotatable bonds is 15. The van der Waals surface area contributed by atoms with E-state index in [1.165, 1.54) is 34.4 Å². The third-order valence-corrected chi connectivity index (χ3v) is 7.27. The lowest BCUT2D eigenvalue weighted by molar-refractivity contribution is -0.137. The number of benzene rings is 2. The van der Waals surface area contributed by atoms with Crippen molar-refractivity contribution in [3.63, 3.8) is 0 Å². The van der Waals surface area contributed by atoms with Gasteiger partial charge in [0, 0.05) is 31.2 Å². The molecule has 3 amide bonds. The van der Waals surface area contributed by atoms with E-state index in [4.69, 9.17) is 14.2 Å². The van der Waals surface area contributed by atoms with Crippen LogP contribution in [0.1, 0.15) is 29.3 Å². The first kappa shape index (κ1) is 32.7. The first-order valence-corrected chi connectivity index (χ1v) is 14.3. The number of methoxy groups -OCH3 is 2. The lowest BCUT2D eigenvalue weighted by Gasteiger charge is -2.28. The number of hydrogen-bond acceptors (Lipinski definition) is 6. The number of alkyl halides is 3. The summed E-state index contributed by atoms with van der Waals surface area (Å²) >= 11 is 1.51. The molecule has 2 aromatic carbocycles. The number of anilines is 1. The lowest BCUT2D eigenvalue weighted by Crippen LogP contribution is -2.45. The van der Waals surface area contributed by atoms with E-state index in [0.717, 1.165) is 16.5 Å². The quantitative estimate of drug-likeness (QED) is 0.205. The van der Waals surface area contributed by atoms with Gasteiger partial charge in [-0.25, -0.2) is 4.79 Å². The summed E-state index contributed by atoms with van der Waals surface area (Å²) in [7, 11) is 3.10. The molecule has 0 aliphatic heterocycles. The molecule has 8 nitrogen and oxygen atoms in total. The fourth-order valence-electron chi connectivity index (χ4n) is 4.23. The van der Waals surface area contributed by atoms with Gasteiger partial charge in [-0.15, -0.1) is 11.3 Å². The van der Waals surface area contributed by atoms with Gasteiger partial charge in [0.05, 0.1) is 32.0 Å². The van der Waals surface area contributed by atoms with Crippen LogP contribution in [0.25, 0.3) is 0 Å². The van der Waals surface area contributed by atoms with Crippen molar-refractivity contribution in [2.75, 3.05) is 52.4 Å². The highest BCUT2D eigenvalue weighted by Gasteiger charge is 2.34. The number of nitrogens with one attached hydrogen (secondary N) is 1. The van der Waals surface area contributed by atoms with Crippen LogP contribution in [0.2, 0.25) is 0 Å². The second kappa shape index (κ2) is 16.0. The average Bonchev–Trinajstić information content (AvgIpc) is 3.49. The van der Waals surface area contributed by atoms with Crippen molar-refractivity contribution < 1.29 is 37.0 Å². The van der Waals surface area contributed by atoms with Crippen LogP contribution in [0.15, 0.2) is 60.0 Å². The van der Waals surface area contributed by atoms with Crippen LogP contribution >= 0.6 is 11.3 Å². The van der Waals surface area contributed by atoms with Gasteiger partial charge >= 0.3 is 12.2 Å². The zero-order valence-corrected chi connectivity index (χ0v) is 24.7. The number of para-hydroxylation sites is 1. The summed E-state index contributed by atoms with van der Waals surface area (Å²) in [6, 6.07) is 13.3. The molecule has 228 valence electrons. The van der Waals surface area contributed by atoms with Crippen LogP contribution in [0.3, 0.4) is 0 Å². The Labute approximate surface area is 248 Å². The molecule has 0 unspecified atom stereocenters. The van der Waals surface area contributed by atoms with Gasteiger partial charge in [-0.2, -0.15) is 13.2 Å². The number of hydrogen-bond donors (Lipinski definition) is 1. The molecule has 0 bridgehead atoms. The highest BCUT2D eigenvalue weighted by atomic mass is 32.1. The maximum atomic E-state index is 13.6. The highest BCUT2D eigenvalue weighted by Crippen LogP contribution is 2.34. The Bertz CT molecular complexity index is 1290. The molecule has 1 aromatic heterocycles. The Morgan fingerprint density at radius 1 is 0.952 bits per heavy atom. The van der Waals surface area contributed by atoms with Gasteiger partial charge in [-0.3, -0.25) is 4.79 Å². The average molecular weight is 608 g/mol.